The molecule has 21 atom stereocenters. The summed E-state index contributed by atoms with van der Waals surface area (Å²) in [5.74, 6) is 12.9. The highest BCUT2D eigenvalue weighted by Crippen LogP contribution is 2.69. The van der Waals surface area contributed by atoms with Gasteiger partial charge in [-0.1, -0.05) is 57.8 Å². The highest BCUT2D eigenvalue weighted by Gasteiger charge is 2.66. The number of carbonyl (C=O) groups excluding carboxylic acids is 1. The van der Waals surface area contributed by atoms with Gasteiger partial charge in [-0.15, -0.1) is 5.92 Å². The molecule has 9 heteroatoms. The van der Waals surface area contributed by atoms with Gasteiger partial charge in [0, 0.05) is 33.5 Å². The Morgan fingerprint density at radius 1 is 0.831 bits per heavy atom. The second-order valence-electron chi connectivity index (χ2n) is 22.0. The summed E-state index contributed by atoms with van der Waals surface area (Å²) in [7, 11) is 3.61. The normalized spacial score (nSPS) is 50.8. The van der Waals surface area contributed by atoms with Gasteiger partial charge in [0.05, 0.1) is 55.4 Å². The third-order valence-corrected chi connectivity index (χ3v) is 19.4. The van der Waals surface area contributed by atoms with E-state index < -0.39 is 6.10 Å². The topological polar surface area (TPSA) is 133 Å². The van der Waals surface area contributed by atoms with E-state index in [1.54, 1.807) is 7.11 Å². The predicted molar refractivity (Wildman–Crippen MR) is 227 cm³/mol. The van der Waals surface area contributed by atoms with Gasteiger partial charge in [0.15, 0.2) is 0 Å². The number of methoxy groups -OCH3 is 2. The minimum Gasteiger partial charge on any atom is -0.465 e. The molecule has 9 nitrogen and oxygen atoms in total. The summed E-state index contributed by atoms with van der Waals surface area (Å²) in [4.78, 5) is 12.5. The van der Waals surface area contributed by atoms with Gasteiger partial charge < -0.3 is 34.9 Å². The number of esters is 1. The van der Waals surface area contributed by atoms with Gasteiger partial charge in [-0.05, 0) is 153 Å². The Morgan fingerprint density at radius 2 is 1.61 bits per heavy atom. The lowest BCUT2D eigenvalue weighted by Crippen LogP contribution is -2.60. The summed E-state index contributed by atoms with van der Waals surface area (Å²) >= 11 is 0. The molecule has 3 aliphatic heterocycles. The van der Waals surface area contributed by atoms with Gasteiger partial charge in [0.25, 0.3) is 0 Å². The quantitative estimate of drug-likeness (QED) is 0.148. The average molecular weight is 821 g/mol. The van der Waals surface area contributed by atoms with Crippen LogP contribution in [0.1, 0.15) is 142 Å². The van der Waals surface area contributed by atoms with Crippen molar-refractivity contribution in [3.05, 3.63) is 0 Å². The Morgan fingerprint density at radius 3 is 2.37 bits per heavy atom. The maximum absolute atomic E-state index is 12.5. The molecular formula is C50H80N2O7. The number of aliphatic hydroxyl groups excluding tert-OH is 2. The van der Waals surface area contributed by atoms with Gasteiger partial charge >= 0.3 is 5.97 Å². The number of ether oxygens (including phenoxy) is 4. The van der Waals surface area contributed by atoms with Crippen LogP contribution in [-0.4, -0.2) is 85.8 Å². The third-order valence-electron chi connectivity index (χ3n) is 19.4. The number of nitrogens with one attached hydrogen (secondary N) is 1. The lowest BCUT2D eigenvalue weighted by molar-refractivity contribution is -0.193. The molecule has 9 rings (SSSR count). The molecule has 0 aromatic rings. The Hall–Kier alpha value is -1.25. The summed E-state index contributed by atoms with van der Waals surface area (Å²) < 4.78 is 26.1. The minimum atomic E-state index is -0.546. The molecular weight excluding hydrogens is 741 g/mol. The van der Waals surface area contributed by atoms with Crippen LogP contribution in [0.15, 0.2) is 0 Å². The molecule has 6 aliphatic carbocycles. The summed E-state index contributed by atoms with van der Waals surface area (Å²) in [5, 5.41) is 26.8. The Balaban J connectivity index is 1.16. The predicted octanol–water partition coefficient (Wildman–Crippen LogP) is 7.24. The molecule has 0 aromatic carbocycles. The van der Waals surface area contributed by atoms with E-state index in [-0.39, 0.29) is 71.9 Å². The zero-order chi connectivity index (χ0) is 41.0. The van der Waals surface area contributed by atoms with Crippen LogP contribution >= 0.6 is 0 Å². The van der Waals surface area contributed by atoms with E-state index in [0.29, 0.717) is 72.7 Å². The first-order valence-corrected chi connectivity index (χ1v) is 24.8. The van der Waals surface area contributed by atoms with Gasteiger partial charge in [0.1, 0.15) is 0 Å². The molecule has 0 amide bonds. The van der Waals surface area contributed by atoms with Crippen molar-refractivity contribution in [1.82, 2.24) is 5.32 Å². The van der Waals surface area contributed by atoms with Crippen molar-refractivity contribution in [2.45, 2.75) is 191 Å². The zero-order valence-electron chi connectivity index (χ0n) is 37.0. The van der Waals surface area contributed by atoms with E-state index in [1.165, 1.54) is 71.1 Å². The maximum Gasteiger partial charge on any atom is 0.302 e. The number of hydrogen-bond donors (Lipinski definition) is 4. The lowest BCUT2D eigenvalue weighted by atomic mass is 9.45. The number of rotatable bonds is 8. The van der Waals surface area contributed by atoms with E-state index in [1.807, 2.05) is 7.11 Å². The smallest absolute Gasteiger partial charge is 0.302 e. The highest BCUT2D eigenvalue weighted by molar-refractivity contribution is 5.65. The molecule has 0 radical (unpaired) electrons. The fraction of sp³-hybridized carbons (Fsp3) is 0.940. The molecule has 3 heterocycles. The maximum atomic E-state index is 12.5. The zero-order valence-corrected chi connectivity index (χ0v) is 37.0. The van der Waals surface area contributed by atoms with Crippen LogP contribution in [0.3, 0.4) is 0 Å². The molecule has 0 aromatic heterocycles. The Labute approximate surface area is 356 Å². The summed E-state index contributed by atoms with van der Waals surface area (Å²) in [6.45, 7) is 4.24. The first kappa shape index (κ1) is 43.0. The monoisotopic (exact) mass is 821 g/mol. The van der Waals surface area contributed by atoms with Crippen LogP contribution in [0.25, 0.3) is 0 Å². The number of piperidine rings is 1. The SMILES string of the molecule is CCC1CC2C(C#CCC3CC(O)C(OC)CC3C3OC4C(CCC5C6C(CC(O)CC6OC)CC6(CCC(C6)C2CCC2CCCCC2)C54)C3COC(C)=O)NC1N. The van der Waals surface area contributed by atoms with E-state index in [4.69, 9.17) is 24.7 Å². The number of fused-ring (bicyclic) bond motifs is 7. The molecule has 2 saturated heterocycles. The largest absolute Gasteiger partial charge is 0.465 e. The van der Waals surface area contributed by atoms with Crippen molar-refractivity contribution in [3.8, 4) is 11.8 Å². The van der Waals surface area contributed by atoms with Crippen molar-refractivity contribution < 1.29 is 34.0 Å². The van der Waals surface area contributed by atoms with Gasteiger partial charge in [-0.2, -0.15) is 0 Å². The first-order valence-electron chi connectivity index (χ1n) is 24.8. The lowest BCUT2D eigenvalue weighted by Gasteiger charge is -2.61. The average Bonchev–Trinajstić information content (AvgIpc) is 3.81. The van der Waals surface area contributed by atoms with E-state index in [9.17, 15) is 15.0 Å². The van der Waals surface area contributed by atoms with Crippen LogP contribution in [0.2, 0.25) is 0 Å². The minimum absolute atomic E-state index is 0.0499. The van der Waals surface area contributed by atoms with Crippen molar-refractivity contribution in [3.63, 3.8) is 0 Å². The fourth-order valence-corrected chi connectivity index (χ4v) is 16.9. The molecule has 59 heavy (non-hydrogen) atoms. The Kier molecular flexibility index (Phi) is 13.2. The second-order valence-corrected chi connectivity index (χ2v) is 22.0. The van der Waals surface area contributed by atoms with Crippen LogP contribution < -0.4 is 11.1 Å². The van der Waals surface area contributed by atoms with Crippen molar-refractivity contribution >= 4 is 5.97 Å². The second kappa shape index (κ2) is 18.1. The molecule has 6 saturated carbocycles. The fourth-order valence-electron chi connectivity index (χ4n) is 16.9. The van der Waals surface area contributed by atoms with E-state index >= 15 is 0 Å². The number of hydrogen-bond acceptors (Lipinski definition) is 9. The molecule has 9 aliphatic rings. The van der Waals surface area contributed by atoms with Gasteiger partial charge in [0.2, 0.25) is 0 Å². The van der Waals surface area contributed by atoms with Crippen LogP contribution in [0.4, 0.5) is 0 Å². The molecule has 1 spiro atoms. The number of aliphatic hydroxyl groups is 2. The molecule has 8 fully saturated rings. The highest BCUT2D eigenvalue weighted by atomic mass is 16.5. The summed E-state index contributed by atoms with van der Waals surface area (Å²) in [5.41, 5.74) is 7.10. The van der Waals surface area contributed by atoms with Crippen LogP contribution in [-0.2, 0) is 23.7 Å². The third kappa shape index (κ3) is 8.23. The van der Waals surface area contributed by atoms with Crippen LogP contribution in [0.5, 0.6) is 0 Å². The van der Waals surface area contributed by atoms with Crippen molar-refractivity contribution in [1.29, 1.82) is 0 Å². The standard InChI is InChI=1S/C50H80N2O7/c1-5-30-21-39-35(15-14-29-10-7-6-8-11-29)32-18-19-50(25-32)26-33-20-34(54)23-44(57-4)45(33)37-17-16-36-40(27-58-28(2)53)47(59-48(36)46(37)50)38-24-43(56-3)42(55)22-31(38)12-9-13-41(39)52-49(30)51/h29-49,52,54-55H,5-8,10-12,14-27,51H2,1-4H3. The van der Waals surface area contributed by atoms with Crippen molar-refractivity contribution in [2.75, 3.05) is 20.8 Å². The summed E-state index contributed by atoms with van der Waals surface area (Å²) in [6.07, 6.45) is 21.5. The summed E-state index contributed by atoms with van der Waals surface area (Å²) in [6, 6.07) is 0.0624. The molecule has 332 valence electrons. The van der Waals surface area contributed by atoms with Crippen molar-refractivity contribution in [2.24, 2.45) is 88.1 Å². The number of carbonyl (C=O) groups is 1. The number of nitrogens with two attached hydrogens (primary N) is 1. The molecule has 21 unspecified atom stereocenters. The van der Waals surface area contributed by atoms with Gasteiger partial charge in [-0.3, -0.25) is 10.1 Å². The molecule has 5 N–H and O–H groups in total. The molecule has 4 bridgehead atoms. The first-order chi connectivity index (χ1) is 28.6. The Bertz CT molecular complexity index is 1510. The van der Waals surface area contributed by atoms with E-state index in [0.717, 1.165) is 57.3 Å². The van der Waals surface area contributed by atoms with E-state index in [2.05, 4.69) is 24.1 Å². The van der Waals surface area contributed by atoms with Crippen LogP contribution in [0, 0.1) is 94.2 Å². The van der Waals surface area contributed by atoms with Gasteiger partial charge in [-0.25, -0.2) is 0 Å².